The predicted molar refractivity (Wildman–Crippen MR) is 98.7 cm³/mol. The fourth-order valence-corrected chi connectivity index (χ4v) is 3.82. The Balaban J connectivity index is 1.85. The Morgan fingerprint density at radius 3 is 2.56 bits per heavy atom. The second-order valence-electron chi connectivity index (χ2n) is 5.56. The van der Waals surface area contributed by atoms with E-state index in [0.717, 1.165) is 5.56 Å². The summed E-state index contributed by atoms with van der Waals surface area (Å²) in [4.78, 5) is 12.0. The average molecular weight is 382 g/mol. The van der Waals surface area contributed by atoms with Crippen LogP contribution >= 0.6 is 11.6 Å². The first-order valence-electron chi connectivity index (χ1n) is 7.73. The van der Waals surface area contributed by atoms with Crippen molar-refractivity contribution in [2.24, 2.45) is 0 Å². The highest BCUT2D eigenvalue weighted by Crippen LogP contribution is 2.22. The number of nitrogens with one attached hydrogen (secondary N) is 1. The fourth-order valence-electron chi connectivity index (χ4n) is 2.37. The number of sulfone groups is 1. The van der Waals surface area contributed by atoms with Crippen LogP contribution in [-0.2, 0) is 26.8 Å². The zero-order valence-electron chi connectivity index (χ0n) is 13.9. The van der Waals surface area contributed by atoms with E-state index in [4.69, 9.17) is 16.3 Å². The van der Waals surface area contributed by atoms with Gasteiger partial charge in [0, 0.05) is 17.1 Å². The molecule has 0 atom stereocenters. The predicted octanol–water partition coefficient (Wildman–Crippen LogP) is 2.62. The van der Waals surface area contributed by atoms with E-state index in [1.807, 2.05) is 6.07 Å². The lowest BCUT2D eigenvalue weighted by molar-refractivity contribution is -0.120. The highest BCUT2D eigenvalue weighted by atomic mass is 35.5. The molecule has 2 rings (SSSR count). The van der Waals surface area contributed by atoms with Crippen LogP contribution in [0.4, 0.5) is 0 Å². The Morgan fingerprint density at radius 2 is 1.88 bits per heavy atom. The number of hydrogen-bond donors (Lipinski definition) is 1. The molecule has 0 aliphatic heterocycles. The van der Waals surface area contributed by atoms with Gasteiger partial charge in [-0.1, -0.05) is 41.9 Å². The third-order valence-corrected chi connectivity index (χ3v) is 5.39. The van der Waals surface area contributed by atoms with E-state index in [9.17, 15) is 13.2 Å². The topological polar surface area (TPSA) is 72.5 Å². The second-order valence-corrected chi connectivity index (χ2v) is 8.18. The van der Waals surface area contributed by atoms with Crippen molar-refractivity contribution in [3.63, 3.8) is 0 Å². The smallest absolute Gasteiger partial charge is 0.224 e. The molecule has 0 aliphatic rings. The van der Waals surface area contributed by atoms with Crippen LogP contribution in [0.3, 0.4) is 0 Å². The van der Waals surface area contributed by atoms with Gasteiger partial charge in [-0.15, -0.1) is 0 Å². The van der Waals surface area contributed by atoms with Crippen molar-refractivity contribution in [2.45, 2.75) is 12.2 Å². The molecule has 0 saturated carbocycles. The van der Waals surface area contributed by atoms with Crippen LogP contribution in [0.5, 0.6) is 5.75 Å². The van der Waals surface area contributed by atoms with Gasteiger partial charge in [-0.25, -0.2) is 8.42 Å². The molecule has 0 bridgehead atoms. The van der Waals surface area contributed by atoms with E-state index < -0.39 is 9.84 Å². The summed E-state index contributed by atoms with van der Waals surface area (Å²) in [6.07, 6.45) is 0.0719. The van der Waals surface area contributed by atoms with Crippen LogP contribution in [0, 0.1) is 0 Å². The van der Waals surface area contributed by atoms with Gasteiger partial charge in [-0.2, -0.15) is 0 Å². The minimum atomic E-state index is -3.28. The number of rotatable bonds is 8. The molecule has 1 amide bonds. The first-order chi connectivity index (χ1) is 11.9. The van der Waals surface area contributed by atoms with E-state index in [1.54, 1.807) is 42.5 Å². The molecule has 2 aromatic rings. The summed E-state index contributed by atoms with van der Waals surface area (Å²) in [5, 5.41) is 3.14. The summed E-state index contributed by atoms with van der Waals surface area (Å²) in [6, 6.07) is 14.0. The van der Waals surface area contributed by atoms with Gasteiger partial charge in [0.15, 0.2) is 9.84 Å². The van der Waals surface area contributed by atoms with Gasteiger partial charge >= 0.3 is 0 Å². The summed E-state index contributed by atoms with van der Waals surface area (Å²) in [6.45, 7) is 0.0664. The van der Waals surface area contributed by atoms with Gasteiger partial charge in [0.2, 0.25) is 5.91 Å². The SMILES string of the molecule is COc1ccc(Cl)cc1CC(=O)NCCS(=O)(=O)Cc1ccccc1. The quantitative estimate of drug-likeness (QED) is 0.762. The molecule has 0 radical (unpaired) electrons. The molecule has 0 aliphatic carbocycles. The lowest BCUT2D eigenvalue weighted by atomic mass is 10.1. The van der Waals surface area contributed by atoms with Gasteiger partial charge in [0.05, 0.1) is 25.0 Å². The number of hydrogen-bond acceptors (Lipinski definition) is 4. The minimum absolute atomic E-state index is 0.0359. The number of carbonyl (C=O) groups excluding carboxylic acids is 1. The molecule has 25 heavy (non-hydrogen) atoms. The molecular weight excluding hydrogens is 362 g/mol. The Hall–Kier alpha value is -2.05. The summed E-state index contributed by atoms with van der Waals surface area (Å²) >= 11 is 5.93. The van der Waals surface area contributed by atoms with Gasteiger partial charge < -0.3 is 10.1 Å². The van der Waals surface area contributed by atoms with Crippen molar-refractivity contribution in [1.29, 1.82) is 0 Å². The first kappa shape index (κ1) is 19.3. The van der Waals surface area contributed by atoms with E-state index >= 15 is 0 Å². The maximum Gasteiger partial charge on any atom is 0.224 e. The Labute approximate surface area is 152 Å². The van der Waals surface area contributed by atoms with Crippen LogP contribution in [0.1, 0.15) is 11.1 Å². The maximum atomic E-state index is 12.1. The normalized spacial score (nSPS) is 11.1. The van der Waals surface area contributed by atoms with Gasteiger partial charge in [0.1, 0.15) is 5.75 Å². The van der Waals surface area contributed by atoms with Gasteiger partial charge in [-0.05, 0) is 23.8 Å². The van der Waals surface area contributed by atoms with E-state index in [2.05, 4.69) is 5.32 Å². The third kappa shape index (κ3) is 6.40. The van der Waals surface area contributed by atoms with E-state index in [-0.39, 0.29) is 30.4 Å². The molecule has 0 fully saturated rings. The molecule has 0 heterocycles. The number of amides is 1. The maximum absolute atomic E-state index is 12.1. The molecule has 1 N–H and O–H groups in total. The first-order valence-corrected chi connectivity index (χ1v) is 9.93. The van der Waals surface area contributed by atoms with Crippen LogP contribution in [-0.4, -0.2) is 33.7 Å². The molecule has 5 nitrogen and oxygen atoms in total. The summed E-state index contributed by atoms with van der Waals surface area (Å²) in [5.74, 6) is 0.137. The van der Waals surface area contributed by atoms with Crippen LogP contribution < -0.4 is 10.1 Å². The van der Waals surface area contributed by atoms with Crippen molar-refractivity contribution in [3.8, 4) is 5.75 Å². The number of halogens is 1. The molecule has 0 aromatic heterocycles. The number of benzene rings is 2. The van der Waals surface area contributed by atoms with Gasteiger partial charge in [0.25, 0.3) is 0 Å². The lowest BCUT2D eigenvalue weighted by Gasteiger charge is -2.10. The molecule has 0 unspecified atom stereocenters. The summed E-state index contributed by atoms with van der Waals surface area (Å²) in [5.41, 5.74) is 1.39. The summed E-state index contributed by atoms with van der Waals surface area (Å²) < 4.78 is 29.4. The number of methoxy groups -OCH3 is 1. The van der Waals surface area contributed by atoms with Crippen LogP contribution in [0.15, 0.2) is 48.5 Å². The second kappa shape index (κ2) is 8.87. The zero-order valence-corrected chi connectivity index (χ0v) is 15.4. The summed E-state index contributed by atoms with van der Waals surface area (Å²) in [7, 11) is -1.77. The molecule has 2 aromatic carbocycles. The van der Waals surface area contributed by atoms with Crippen LogP contribution in [0.2, 0.25) is 5.02 Å². The number of carbonyl (C=O) groups is 1. The van der Waals surface area contributed by atoms with Crippen LogP contribution in [0.25, 0.3) is 0 Å². The van der Waals surface area contributed by atoms with Crippen molar-refractivity contribution >= 4 is 27.3 Å². The molecular formula is C18H20ClNO4S. The number of ether oxygens (including phenoxy) is 1. The fraction of sp³-hybridized carbons (Fsp3) is 0.278. The Kier molecular flexibility index (Phi) is 6.84. The highest BCUT2D eigenvalue weighted by molar-refractivity contribution is 7.90. The highest BCUT2D eigenvalue weighted by Gasteiger charge is 2.14. The van der Waals surface area contributed by atoms with Gasteiger partial charge in [-0.3, -0.25) is 4.79 Å². The molecule has 0 saturated heterocycles. The van der Waals surface area contributed by atoms with E-state index in [0.29, 0.717) is 16.3 Å². The van der Waals surface area contributed by atoms with Crippen molar-refractivity contribution < 1.29 is 17.9 Å². The molecule has 134 valence electrons. The molecule has 7 heteroatoms. The lowest BCUT2D eigenvalue weighted by Crippen LogP contribution is -2.30. The third-order valence-electron chi connectivity index (χ3n) is 3.56. The molecule has 0 spiro atoms. The monoisotopic (exact) mass is 381 g/mol. The Morgan fingerprint density at radius 1 is 1.16 bits per heavy atom. The van der Waals surface area contributed by atoms with Crippen molar-refractivity contribution in [1.82, 2.24) is 5.32 Å². The largest absolute Gasteiger partial charge is 0.496 e. The Bertz CT molecular complexity index is 822. The van der Waals surface area contributed by atoms with Crippen molar-refractivity contribution in [2.75, 3.05) is 19.4 Å². The minimum Gasteiger partial charge on any atom is -0.496 e. The van der Waals surface area contributed by atoms with E-state index in [1.165, 1.54) is 7.11 Å². The standard InChI is InChI=1S/C18H20ClNO4S/c1-24-17-8-7-16(19)11-15(17)12-18(21)20-9-10-25(22,23)13-14-5-3-2-4-6-14/h2-8,11H,9-10,12-13H2,1H3,(H,20,21). The average Bonchev–Trinajstić information content (AvgIpc) is 2.55. The zero-order chi connectivity index (χ0) is 18.3. The van der Waals surface area contributed by atoms with Crippen molar-refractivity contribution in [3.05, 3.63) is 64.7 Å².